The monoisotopic (exact) mass is 921 g/mol. The average Bonchev–Trinajstić information content (AvgIpc) is 3.25. The van der Waals surface area contributed by atoms with Crippen molar-refractivity contribution in [3.05, 3.63) is 60.8 Å². The van der Waals surface area contributed by atoms with Crippen molar-refractivity contribution in [3.8, 4) is 0 Å². The fraction of sp³-hybridized carbons (Fsp3) is 0.800. The van der Waals surface area contributed by atoms with Crippen LogP contribution in [0.3, 0.4) is 0 Å². The van der Waals surface area contributed by atoms with Gasteiger partial charge in [0.15, 0.2) is 0 Å². The van der Waals surface area contributed by atoms with Gasteiger partial charge in [0.05, 0.1) is 34.4 Å². The molecule has 8 nitrogen and oxygen atoms in total. The highest BCUT2D eigenvalue weighted by Crippen LogP contribution is 2.43. The molecule has 0 aromatic rings. The van der Waals surface area contributed by atoms with Crippen molar-refractivity contribution in [1.82, 2.24) is 0 Å². The van der Waals surface area contributed by atoms with Gasteiger partial charge in [-0.1, -0.05) is 197 Å². The number of carbonyl (C=O) groups excluding carboxylic acids is 1. The second kappa shape index (κ2) is 47.7. The first-order chi connectivity index (χ1) is 31.1. The number of ether oxygens (including phenoxy) is 2. The van der Waals surface area contributed by atoms with E-state index in [4.69, 9.17) is 18.5 Å². The second-order valence-corrected chi connectivity index (χ2v) is 20.4. The molecule has 0 aliphatic heterocycles. The summed E-state index contributed by atoms with van der Waals surface area (Å²) < 4.78 is 35.2. The lowest BCUT2D eigenvalue weighted by atomic mass is 10.1. The number of phosphoric acid groups is 1. The summed E-state index contributed by atoms with van der Waals surface area (Å²) in [5.41, 5.74) is 0. The van der Waals surface area contributed by atoms with Crippen molar-refractivity contribution in [3.63, 3.8) is 0 Å². The smallest absolute Gasteiger partial charge is 0.457 e. The van der Waals surface area contributed by atoms with Crippen LogP contribution in [0.2, 0.25) is 0 Å². The summed E-state index contributed by atoms with van der Waals surface area (Å²) in [5, 5.41) is 0. The molecule has 0 rings (SSSR count). The van der Waals surface area contributed by atoms with Gasteiger partial charge in [0, 0.05) is 13.0 Å². The zero-order valence-corrected chi connectivity index (χ0v) is 43.4. The zero-order valence-electron chi connectivity index (χ0n) is 42.5. The fourth-order valence-corrected chi connectivity index (χ4v) is 7.92. The van der Waals surface area contributed by atoms with E-state index in [1.165, 1.54) is 148 Å². The Morgan fingerprint density at radius 3 is 1.30 bits per heavy atom. The molecule has 64 heavy (non-hydrogen) atoms. The molecule has 0 aromatic heterocycles. The highest BCUT2D eigenvalue weighted by Gasteiger charge is 2.26. The van der Waals surface area contributed by atoms with Crippen LogP contribution in [0.5, 0.6) is 0 Å². The molecule has 0 saturated carbocycles. The normalized spacial score (nSPS) is 14.0. The molecule has 9 heteroatoms. The Morgan fingerprint density at radius 1 is 0.484 bits per heavy atom. The number of carbonyl (C=O) groups is 1. The number of likely N-dealkylation sites (N-methyl/N-ethyl adjacent to an activating group) is 1. The van der Waals surface area contributed by atoms with Crippen molar-refractivity contribution in [2.75, 3.05) is 54.1 Å². The maximum atomic E-state index is 12.8. The van der Waals surface area contributed by atoms with Crippen molar-refractivity contribution < 1.29 is 37.3 Å². The Hall–Kier alpha value is -1.80. The van der Waals surface area contributed by atoms with E-state index >= 15 is 0 Å². The third-order valence-corrected chi connectivity index (χ3v) is 12.3. The van der Waals surface area contributed by atoms with Crippen LogP contribution in [-0.2, 0) is 27.9 Å². The van der Waals surface area contributed by atoms with E-state index in [2.05, 4.69) is 74.6 Å². The summed E-state index contributed by atoms with van der Waals surface area (Å²) in [4.78, 5) is 23.0. The van der Waals surface area contributed by atoms with Crippen LogP contribution < -0.4 is 0 Å². The van der Waals surface area contributed by atoms with E-state index in [0.717, 1.165) is 57.8 Å². The Kier molecular flexibility index (Phi) is 46.3. The van der Waals surface area contributed by atoms with Gasteiger partial charge in [-0.2, -0.15) is 0 Å². The van der Waals surface area contributed by atoms with E-state index in [0.29, 0.717) is 24.1 Å². The highest BCUT2D eigenvalue weighted by molar-refractivity contribution is 7.47. The molecule has 1 N–H and O–H groups in total. The van der Waals surface area contributed by atoms with E-state index in [9.17, 15) is 14.3 Å². The van der Waals surface area contributed by atoms with Crippen LogP contribution in [0, 0.1) is 0 Å². The van der Waals surface area contributed by atoms with Gasteiger partial charge in [-0.25, -0.2) is 4.57 Å². The van der Waals surface area contributed by atoms with Crippen LogP contribution in [0.25, 0.3) is 0 Å². The van der Waals surface area contributed by atoms with Crippen molar-refractivity contribution in [2.24, 2.45) is 0 Å². The Bertz CT molecular complexity index is 1210. The third kappa shape index (κ3) is 51.2. The molecule has 2 unspecified atom stereocenters. The largest absolute Gasteiger partial charge is 0.472 e. The molecular formula is C55H103NO7P+. The van der Waals surface area contributed by atoms with Gasteiger partial charge >= 0.3 is 13.8 Å². The first-order valence-electron chi connectivity index (χ1n) is 26.5. The number of unbranched alkanes of at least 4 members (excludes halogenated alkanes) is 25. The van der Waals surface area contributed by atoms with Crippen LogP contribution in [0.15, 0.2) is 60.8 Å². The summed E-state index contributed by atoms with van der Waals surface area (Å²) in [6.07, 6.45) is 61.2. The van der Waals surface area contributed by atoms with Gasteiger partial charge in [-0.3, -0.25) is 13.8 Å². The lowest BCUT2D eigenvalue weighted by Crippen LogP contribution is -2.37. The molecule has 0 aliphatic rings. The number of rotatable bonds is 49. The maximum Gasteiger partial charge on any atom is 0.472 e. The zero-order chi connectivity index (χ0) is 46.9. The summed E-state index contributed by atoms with van der Waals surface area (Å²) in [6, 6.07) is 0. The number of nitrogens with zero attached hydrogens (tertiary/aromatic N) is 1. The minimum absolute atomic E-state index is 0.0837. The number of allylic oxidation sites excluding steroid dienone is 10. The van der Waals surface area contributed by atoms with E-state index < -0.39 is 13.9 Å². The molecular weight excluding hydrogens is 818 g/mol. The van der Waals surface area contributed by atoms with Gasteiger partial charge in [0.2, 0.25) is 0 Å². The Morgan fingerprint density at radius 2 is 0.859 bits per heavy atom. The van der Waals surface area contributed by atoms with E-state index in [-0.39, 0.29) is 25.8 Å². The number of hydrogen-bond acceptors (Lipinski definition) is 6. The molecule has 0 saturated heterocycles. The van der Waals surface area contributed by atoms with Crippen molar-refractivity contribution >= 4 is 13.8 Å². The van der Waals surface area contributed by atoms with Gasteiger partial charge in [0.25, 0.3) is 0 Å². The summed E-state index contributed by atoms with van der Waals surface area (Å²) in [5.74, 6) is -0.323. The standard InChI is InChI=1S/C55H102NO7P/c1-6-8-10-12-14-16-18-20-22-24-26-27-28-29-30-31-33-35-37-39-41-43-45-47-50-60-52-54(53-62-64(58,59)61-51-49-56(3,4)5)63-55(57)48-46-44-42-40-38-36-34-32-25-23-21-19-17-15-13-11-9-7-2/h17-20,23-26,28-29,54H,6-16,21-22,27,30-53H2,1-5H3/p+1/b19-17-,20-18-,25-23-,26-24-,29-28-. The van der Waals surface area contributed by atoms with Crippen LogP contribution >= 0.6 is 7.82 Å². The lowest BCUT2D eigenvalue weighted by Gasteiger charge is -2.24. The molecule has 0 amide bonds. The molecule has 0 radical (unpaired) electrons. The second-order valence-electron chi connectivity index (χ2n) is 18.9. The van der Waals surface area contributed by atoms with Gasteiger partial charge in [-0.05, 0) is 83.5 Å². The van der Waals surface area contributed by atoms with Crippen LogP contribution in [0.1, 0.15) is 226 Å². The van der Waals surface area contributed by atoms with E-state index in [1.54, 1.807) is 0 Å². The number of hydrogen-bond donors (Lipinski definition) is 1. The Labute approximate surface area is 396 Å². The molecule has 0 aliphatic carbocycles. The first kappa shape index (κ1) is 62.2. The maximum absolute atomic E-state index is 12.8. The third-order valence-electron chi connectivity index (χ3n) is 11.3. The first-order valence-corrected chi connectivity index (χ1v) is 28.0. The van der Waals surface area contributed by atoms with Crippen molar-refractivity contribution in [1.29, 1.82) is 0 Å². The molecule has 0 aromatic carbocycles. The fourth-order valence-electron chi connectivity index (χ4n) is 7.18. The molecule has 2 atom stereocenters. The summed E-state index contributed by atoms with van der Waals surface area (Å²) >= 11 is 0. The molecule has 0 heterocycles. The van der Waals surface area contributed by atoms with Crippen molar-refractivity contribution in [2.45, 2.75) is 232 Å². The van der Waals surface area contributed by atoms with Gasteiger partial charge < -0.3 is 18.9 Å². The summed E-state index contributed by atoms with van der Waals surface area (Å²) in [7, 11) is 1.66. The number of phosphoric ester groups is 1. The lowest BCUT2D eigenvalue weighted by molar-refractivity contribution is -0.870. The highest BCUT2D eigenvalue weighted by atomic mass is 31.2. The molecule has 374 valence electrons. The minimum atomic E-state index is -4.29. The van der Waals surface area contributed by atoms with E-state index in [1.807, 2.05) is 21.1 Å². The van der Waals surface area contributed by atoms with Gasteiger partial charge in [-0.15, -0.1) is 0 Å². The van der Waals surface area contributed by atoms with Gasteiger partial charge in [0.1, 0.15) is 19.3 Å². The predicted octanol–water partition coefficient (Wildman–Crippen LogP) is 16.4. The van der Waals surface area contributed by atoms with Crippen LogP contribution in [0.4, 0.5) is 0 Å². The SMILES string of the molecule is CCCCCC/C=C\C/C=C\CCCCCCCCCC(=O)OC(COCCCCCCCCCCC/C=C\C/C=C\C/C=C\CCCCCCC)COP(=O)(O)OCC[N+](C)(C)C. The molecule has 0 bridgehead atoms. The average molecular weight is 921 g/mol. The molecule has 0 fully saturated rings. The number of esters is 1. The Balaban J connectivity index is 4.15. The summed E-state index contributed by atoms with van der Waals surface area (Å²) in [6.45, 7) is 5.58. The van der Waals surface area contributed by atoms with Crippen LogP contribution in [-0.4, -0.2) is 75.6 Å². The number of quaternary nitrogens is 1. The predicted molar refractivity (Wildman–Crippen MR) is 275 cm³/mol. The minimum Gasteiger partial charge on any atom is -0.457 e. The molecule has 0 spiro atoms. The topological polar surface area (TPSA) is 91.3 Å². The quantitative estimate of drug-likeness (QED) is 0.0214.